The lowest BCUT2D eigenvalue weighted by Crippen LogP contribution is -2.33. The average Bonchev–Trinajstić information content (AvgIpc) is 2.47. The summed E-state index contributed by atoms with van der Waals surface area (Å²) in [5.74, 6) is -3.24. The maximum atomic E-state index is 13.3. The highest BCUT2D eigenvalue weighted by Gasteiger charge is 2.25. The van der Waals surface area contributed by atoms with Gasteiger partial charge in [-0.15, -0.1) is 0 Å². The van der Waals surface area contributed by atoms with Crippen molar-refractivity contribution in [1.29, 1.82) is 0 Å². The van der Waals surface area contributed by atoms with E-state index in [1.54, 1.807) is 20.8 Å². The molecule has 1 aromatic carbocycles. The van der Waals surface area contributed by atoms with Crippen LogP contribution in [0.25, 0.3) is 0 Å². The van der Waals surface area contributed by atoms with E-state index in [1.807, 2.05) is 5.48 Å². The van der Waals surface area contributed by atoms with E-state index >= 15 is 0 Å². The molecule has 1 aromatic rings. The summed E-state index contributed by atoms with van der Waals surface area (Å²) in [6.07, 6.45) is 0.505. The first-order valence-electron chi connectivity index (χ1n) is 6.70. The lowest BCUT2D eigenvalue weighted by Gasteiger charge is -2.12. The monoisotopic (exact) mass is 295 g/mol. The number of hydroxylamine groups is 1. The van der Waals surface area contributed by atoms with Gasteiger partial charge in [-0.05, 0) is 31.0 Å². The molecule has 1 N–H and O–H groups in total. The van der Waals surface area contributed by atoms with Crippen molar-refractivity contribution in [3.63, 3.8) is 0 Å². The van der Waals surface area contributed by atoms with Gasteiger partial charge in [0.25, 0.3) is 5.91 Å². The molecule has 0 spiro atoms. The molecule has 1 atom stereocenters. The highest BCUT2D eigenvalue weighted by Crippen LogP contribution is 2.11. The van der Waals surface area contributed by atoms with E-state index in [-0.39, 0.29) is 17.8 Å². The molecule has 1 rings (SSSR count). The second-order valence-electron chi connectivity index (χ2n) is 4.60. The fraction of sp³-hybridized carbons (Fsp3) is 0.400. The van der Waals surface area contributed by atoms with Gasteiger partial charge in [-0.25, -0.2) is 9.18 Å². The number of rotatable bonds is 5. The van der Waals surface area contributed by atoms with Crippen LogP contribution in [-0.2, 0) is 14.4 Å². The molecular weight excluding hydrogens is 277 g/mol. The molecule has 0 saturated carbocycles. The fourth-order valence-electron chi connectivity index (χ4n) is 1.73. The quantitative estimate of drug-likeness (QED) is 0.668. The Hall–Kier alpha value is -2.24. The average molecular weight is 295 g/mol. The summed E-state index contributed by atoms with van der Waals surface area (Å²) in [6.45, 7) is 4.89. The number of amides is 1. The van der Waals surface area contributed by atoms with Crippen molar-refractivity contribution >= 4 is 17.7 Å². The topological polar surface area (TPSA) is 72.5 Å². The van der Waals surface area contributed by atoms with Gasteiger partial charge < -0.3 is 4.84 Å². The van der Waals surface area contributed by atoms with Gasteiger partial charge in [-0.3, -0.25) is 9.59 Å². The van der Waals surface area contributed by atoms with Gasteiger partial charge in [-0.1, -0.05) is 19.9 Å². The van der Waals surface area contributed by atoms with Gasteiger partial charge in [0.15, 0.2) is 0 Å². The second kappa shape index (κ2) is 7.52. The second-order valence-corrected chi connectivity index (χ2v) is 4.60. The predicted molar refractivity (Wildman–Crippen MR) is 73.8 cm³/mol. The minimum Gasteiger partial charge on any atom is -0.340 e. The van der Waals surface area contributed by atoms with Gasteiger partial charge in [0.05, 0.1) is 0 Å². The summed E-state index contributed by atoms with van der Waals surface area (Å²) in [5.41, 5.74) is 2.37. The zero-order valence-electron chi connectivity index (χ0n) is 12.2. The molecule has 1 unspecified atom stereocenters. The molecule has 21 heavy (non-hydrogen) atoms. The Morgan fingerprint density at radius 1 is 1.29 bits per heavy atom. The Morgan fingerprint density at radius 3 is 2.48 bits per heavy atom. The highest BCUT2D eigenvalue weighted by atomic mass is 19.1. The largest absolute Gasteiger partial charge is 0.342 e. The Balaban J connectivity index is 2.65. The fourth-order valence-corrected chi connectivity index (χ4v) is 1.73. The molecule has 0 heterocycles. The van der Waals surface area contributed by atoms with Gasteiger partial charge >= 0.3 is 5.97 Å². The smallest absolute Gasteiger partial charge is 0.340 e. The van der Waals surface area contributed by atoms with E-state index in [0.717, 1.165) is 6.07 Å². The zero-order valence-corrected chi connectivity index (χ0v) is 12.2. The maximum absolute atomic E-state index is 13.3. The van der Waals surface area contributed by atoms with Gasteiger partial charge in [-0.2, -0.15) is 5.48 Å². The summed E-state index contributed by atoms with van der Waals surface area (Å²) in [4.78, 5) is 39.6. The first-order valence-corrected chi connectivity index (χ1v) is 6.70. The van der Waals surface area contributed by atoms with Gasteiger partial charge in [0, 0.05) is 12.0 Å². The van der Waals surface area contributed by atoms with Gasteiger partial charge in [0.2, 0.25) is 0 Å². The lowest BCUT2D eigenvalue weighted by molar-refractivity contribution is -0.157. The molecule has 0 aliphatic carbocycles. The van der Waals surface area contributed by atoms with Crippen LogP contribution in [0, 0.1) is 18.7 Å². The lowest BCUT2D eigenvalue weighted by atomic mass is 10.00. The van der Waals surface area contributed by atoms with E-state index in [9.17, 15) is 18.8 Å². The van der Waals surface area contributed by atoms with Crippen molar-refractivity contribution in [2.24, 2.45) is 5.92 Å². The van der Waals surface area contributed by atoms with Crippen molar-refractivity contribution in [3.05, 3.63) is 35.1 Å². The number of ketones is 1. The normalized spacial score (nSPS) is 11.6. The molecular formula is C15H18FNO4. The predicted octanol–water partition coefficient (Wildman–Crippen LogP) is 2.33. The molecule has 0 aromatic heterocycles. The number of carbonyl (C=O) groups is 3. The number of Topliss-reactive ketones (excluding diaryl/α,β-unsaturated/α-hetero) is 1. The van der Waals surface area contributed by atoms with Crippen molar-refractivity contribution < 1.29 is 23.6 Å². The van der Waals surface area contributed by atoms with Crippen LogP contribution in [0.5, 0.6) is 0 Å². The van der Waals surface area contributed by atoms with Crippen molar-refractivity contribution in [3.8, 4) is 0 Å². The molecule has 0 bridgehead atoms. The van der Waals surface area contributed by atoms with E-state index in [0.29, 0.717) is 12.0 Å². The molecule has 114 valence electrons. The summed E-state index contributed by atoms with van der Waals surface area (Å²) in [7, 11) is 0. The van der Waals surface area contributed by atoms with Crippen LogP contribution >= 0.6 is 0 Å². The number of carbonyl (C=O) groups excluding carboxylic acids is 3. The molecule has 5 nitrogen and oxygen atoms in total. The number of nitrogens with one attached hydrogen (secondary N) is 1. The van der Waals surface area contributed by atoms with E-state index < -0.39 is 23.6 Å². The summed E-state index contributed by atoms with van der Waals surface area (Å²) in [5, 5.41) is 0. The van der Waals surface area contributed by atoms with Crippen LogP contribution in [0.2, 0.25) is 0 Å². The van der Waals surface area contributed by atoms with Crippen LogP contribution in [0.3, 0.4) is 0 Å². The van der Waals surface area contributed by atoms with Crippen LogP contribution in [-0.4, -0.2) is 17.7 Å². The SMILES string of the molecule is CCC(=O)C(CC)C(=O)ONC(=O)c1ccc(C)c(F)c1. The molecule has 0 saturated heterocycles. The third-order valence-electron chi connectivity index (χ3n) is 3.11. The highest BCUT2D eigenvalue weighted by molar-refractivity contribution is 6.00. The number of aryl methyl sites for hydroxylation is 1. The molecule has 0 fully saturated rings. The minimum atomic E-state index is -0.898. The van der Waals surface area contributed by atoms with Crippen molar-refractivity contribution in [1.82, 2.24) is 5.48 Å². The summed E-state index contributed by atoms with van der Waals surface area (Å²) >= 11 is 0. The first kappa shape index (κ1) is 16.8. The third kappa shape index (κ3) is 4.37. The summed E-state index contributed by atoms with van der Waals surface area (Å²) < 4.78 is 13.3. The Bertz CT molecular complexity index is 557. The Morgan fingerprint density at radius 2 is 1.95 bits per heavy atom. The molecule has 0 aliphatic heterocycles. The molecule has 6 heteroatoms. The Kier molecular flexibility index (Phi) is 6.02. The van der Waals surface area contributed by atoms with E-state index in [2.05, 4.69) is 4.84 Å². The van der Waals surface area contributed by atoms with Crippen LogP contribution in [0.1, 0.15) is 42.6 Å². The van der Waals surface area contributed by atoms with E-state index in [4.69, 9.17) is 0 Å². The minimum absolute atomic E-state index is 0.0285. The standard InChI is InChI=1S/C15H18FNO4/c1-4-11(13(18)5-2)15(20)21-17-14(19)10-7-6-9(3)12(16)8-10/h6-8,11H,4-5H2,1-3H3,(H,17,19). The van der Waals surface area contributed by atoms with Crippen LogP contribution < -0.4 is 5.48 Å². The van der Waals surface area contributed by atoms with Crippen molar-refractivity contribution in [2.45, 2.75) is 33.6 Å². The molecule has 0 radical (unpaired) electrons. The van der Waals surface area contributed by atoms with Gasteiger partial charge in [0.1, 0.15) is 17.5 Å². The number of benzene rings is 1. The van der Waals surface area contributed by atoms with Crippen LogP contribution in [0.15, 0.2) is 18.2 Å². The third-order valence-corrected chi connectivity index (χ3v) is 3.11. The van der Waals surface area contributed by atoms with Crippen molar-refractivity contribution in [2.75, 3.05) is 0 Å². The number of hydrogen-bond donors (Lipinski definition) is 1. The number of halogens is 1. The first-order chi connectivity index (χ1) is 9.90. The van der Waals surface area contributed by atoms with E-state index in [1.165, 1.54) is 12.1 Å². The number of hydrogen-bond acceptors (Lipinski definition) is 4. The maximum Gasteiger partial charge on any atom is 0.342 e. The molecule has 0 aliphatic rings. The zero-order chi connectivity index (χ0) is 16.0. The van der Waals surface area contributed by atoms with Crippen LogP contribution in [0.4, 0.5) is 4.39 Å². The Labute approximate surface area is 122 Å². The summed E-state index contributed by atoms with van der Waals surface area (Å²) in [6, 6.07) is 3.91. The molecule has 1 amide bonds.